The van der Waals surface area contributed by atoms with Crippen LogP contribution in [0.5, 0.6) is 0 Å². The predicted octanol–water partition coefficient (Wildman–Crippen LogP) is 4.70. The van der Waals surface area contributed by atoms with Gasteiger partial charge in [0.25, 0.3) is 0 Å². The Hall–Kier alpha value is -4.60. The van der Waals surface area contributed by atoms with Crippen LogP contribution in [0.25, 0.3) is 33.5 Å². The van der Waals surface area contributed by atoms with Crippen LogP contribution in [0.4, 0.5) is 15.9 Å². The van der Waals surface area contributed by atoms with Gasteiger partial charge in [-0.05, 0) is 47.6 Å². The monoisotopic (exact) mass is 497 g/mol. The smallest absolute Gasteiger partial charge is 0.244 e. The van der Waals surface area contributed by atoms with Crippen molar-refractivity contribution < 1.29 is 13.6 Å². The lowest BCUT2D eigenvalue weighted by molar-refractivity contribution is -0.117. The standard InChI is InChI=1S/C27H24FN7O2/c1-13-6-20(27-30-4-5-37-27)31-10-18(13)17-7-15-8-21(32-11-19(15)25(29)24(17)28)34-26(36)23-14(2)22(23)16-9-33-35(3)12-16/h4-12,14,22-23H,29H2,1-3H3,(H,32,34,36)/t14-,22-,23+/m0/s1. The molecule has 10 heteroatoms. The van der Waals surface area contributed by atoms with Crippen LogP contribution in [0, 0.1) is 24.6 Å². The van der Waals surface area contributed by atoms with Gasteiger partial charge < -0.3 is 15.5 Å². The minimum Gasteiger partial charge on any atom is -0.443 e. The van der Waals surface area contributed by atoms with Crippen LogP contribution in [0.2, 0.25) is 0 Å². The van der Waals surface area contributed by atoms with Crippen molar-refractivity contribution in [2.24, 2.45) is 18.9 Å². The van der Waals surface area contributed by atoms with Crippen molar-refractivity contribution in [2.45, 2.75) is 19.8 Å². The Morgan fingerprint density at radius 3 is 2.68 bits per heavy atom. The number of aryl methyl sites for hydroxylation is 2. The van der Waals surface area contributed by atoms with E-state index in [0.717, 1.165) is 11.1 Å². The van der Waals surface area contributed by atoms with E-state index in [9.17, 15) is 4.79 Å². The zero-order valence-electron chi connectivity index (χ0n) is 20.4. The van der Waals surface area contributed by atoms with E-state index in [1.807, 2.05) is 20.2 Å². The van der Waals surface area contributed by atoms with E-state index in [4.69, 9.17) is 10.2 Å². The molecule has 4 heterocycles. The first kappa shape index (κ1) is 22.8. The Bertz CT molecular complexity index is 1660. The number of pyridine rings is 2. The van der Waals surface area contributed by atoms with Gasteiger partial charge in [0.1, 0.15) is 17.8 Å². The third kappa shape index (κ3) is 3.90. The number of rotatable bonds is 5. The van der Waals surface area contributed by atoms with Crippen molar-refractivity contribution >= 4 is 28.2 Å². The van der Waals surface area contributed by atoms with Crippen LogP contribution >= 0.6 is 0 Å². The second-order valence-electron chi connectivity index (χ2n) is 9.51. The van der Waals surface area contributed by atoms with Gasteiger partial charge in [-0.1, -0.05) is 6.92 Å². The summed E-state index contributed by atoms with van der Waals surface area (Å²) in [5.74, 6) is 0.280. The molecule has 5 aromatic rings. The summed E-state index contributed by atoms with van der Waals surface area (Å²) in [5.41, 5.74) is 9.44. The van der Waals surface area contributed by atoms with Gasteiger partial charge in [0, 0.05) is 54.0 Å². The molecule has 0 saturated heterocycles. The lowest BCUT2D eigenvalue weighted by atomic mass is 9.97. The summed E-state index contributed by atoms with van der Waals surface area (Å²) in [6.07, 6.45) is 9.81. The van der Waals surface area contributed by atoms with Crippen molar-refractivity contribution in [1.82, 2.24) is 24.7 Å². The number of nitrogen functional groups attached to an aromatic ring is 1. The Morgan fingerprint density at radius 1 is 1.14 bits per heavy atom. The number of anilines is 2. The van der Waals surface area contributed by atoms with E-state index in [2.05, 4.69) is 32.3 Å². The number of amides is 1. The molecule has 1 aliphatic carbocycles. The fourth-order valence-electron chi connectivity index (χ4n) is 5.06. The fourth-order valence-corrected chi connectivity index (χ4v) is 5.06. The van der Waals surface area contributed by atoms with Gasteiger partial charge in [-0.25, -0.2) is 14.4 Å². The Kier molecular flexibility index (Phi) is 5.25. The molecule has 0 bridgehead atoms. The number of aromatic nitrogens is 5. The quantitative estimate of drug-likeness (QED) is 0.337. The molecule has 1 aliphatic rings. The molecule has 3 N–H and O–H groups in total. The van der Waals surface area contributed by atoms with E-state index in [-0.39, 0.29) is 29.3 Å². The average Bonchev–Trinajstić information content (AvgIpc) is 3.23. The first-order chi connectivity index (χ1) is 17.8. The van der Waals surface area contributed by atoms with E-state index < -0.39 is 5.82 Å². The SMILES string of the molecule is Cc1cc(-c2ncco2)ncc1-c1cc2cc(NC(=O)[C@@H]3[C@@H](C)[C@H]3c3cnn(C)c3)ncc2c(N)c1F. The highest BCUT2D eigenvalue weighted by Gasteiger charge is 2.52. The van der Waals surface area contributed by atoms with Crippen LogP contribution in [0.15, 0.2) is 59.9 Å². The highest BCUT2D eigenvalue weighted by molar-refractivity contribution is 6.01. The molecule has 1 aromatic carbocycles. The molecule has 0 aliphatic heterocycles. The molecule has 1 amide bonds. The maximum atomic E-state index is 15.4. The van der Waals surface area contributed by atoms with Crippen molar-refractivity contribution in [2.75, 3.05) is 11.1 Å². The number of nitrogens with two attached hydrogens (primary N) is 1. The second kappa shape index (κ2) is 8.51. The molecule has 37 heavy (non-hydrogen) atoms. The molecular weight excluding hydrogens is 473 g/mol. The van der Waals surface area contributed by atoms with Gasteiger partial charge in [0.2, 0.25) is 11.8 Å². The summed E-state index contributed by atoms with van der Waals surface area (Å²) in [4.78, 5) is 25.8. The van der Waals surface area contributed by atoms with Crippen molar-refractivity contribution in [3.8, 4) is 22.7 Å². The molecule has 0 spiro atoms. The summed E-state index contributed by atoms with van der Waals surface area (Å²) >= 11 is 0. The molecule has 0 unspecified atom stereocenters. The fraction of sp³-hybridized carbons (Fsp3) is 0.222. The van der Waals surface area contributed by atoms with Crippen LogP contribution in [0.1, 0.15) is 24.0 Å². The first-order valence-electron chi connectivity index (χ1n) is 11.9. The highest BCUT2D eigenvalue weighted by Crippen LogP contribution is 2.54. The third-order valence-corrected chi connectivity index (χ3v) is 7.09. The number of halogens is 1. The largest absolute Gasteiger partial charge is 0.443 e. The summed E-state index contributed by atoms with van der Waals surface area (Å²) in [5, 5.41) is 8.26. The van der Waals surface area contributed by atoms with E-state index in [1.54, 1.807) is 35.3 Å². The van der Waals surface area contributed by atoms with Gasteiger partial charge in [0.05, 0.1) is 18.1 Å². The maximum absolute atomic E-state index is 15.4. The number of hydrogen-bond donors (Lipinski definition) is 2. The van der Waals surface area contributed by atoms with Gasteiger partial charge in [-0.15, -0.1) is 0 Å². The number of hydrogen-bond acceptors (Lipinski definition) is 7. The molecule has 3 atom stereocenters. The van der Waals surface area contributed by atoms with Crippen LogP contribution in [-0.2, 0) is 11.8 Å². The lowest BCUT2D eigenvalue weighted by Gasteiger charge is -2.13. The van der Waals surface area contributed by atoms with Gasteiger partial charge in [-0.3, -0.25) is 14.5 Å². The molecule has 9 nitrogen and oxygen atoms in total. The zero-order valence-corrected chi connectivity index (χ0v) is 20.4. The zero-order chi connectivity index (χ0) is 25.8. The van der Waals surface area contributed by atoms with Gasteiger partial charge >= 0.3 is 0 Å². The number of benzene rings is 1. The number of fused-ring (bicyclic) bond motifs is 1. The number of nitrogens with zero attached hydrogens (tertiary/aromatic N) is 5. The van der Waals surface area contributed by atoms with Gasteiger partial charge in [-0.2, -0.15) is 5.10 Å². The minimum absolute atomic E-state index is 0.0125. The number of oxazole rings is 1. The van der Waals surface area contributed by atoms with Crippen LogP contribution < -0.4 is 11.1 Å². The summed E-state index contributed by atoms with van der Waals surface area (Å²) in [6.45, 7) is 3.91. The number of carbonyl (C=O) groups excluding carboxylic acids is 1. The normalized spacial score (nSPS) is 18.8. The molecule has 4 aromatic heterocycles. The summed E-state index contributed by atoms with van der Waals surface area (Å²) in [7, 11) is 1.86. The third-order valence-electron chi connectivity index (χ3n) is 7.09. The van der Waals surface area contributed by atoms with Crippen LogP contribution in [0.3, 0.4) is 0 Å². The predicted molar refractivity (Wildman–Crippen MR) is 137 cm³/mol. The molecule has 1 fully saturated rings. The Balaban J connectivity index is 1.30. The maximum Gasteiger partial charge on any atom is 0.244 e. The topological polar surface area (TPSA) is 125 Å². The Morgan fingerprint density at radius 2 is 1.97 bits per heavy atom. The first-order valence-corrected chi connectivity index (χ1v) is 11.9. The van der Waals surface area contributed by atoms with E-state index in [1.165, 1.54) is 18.7 Å². The number of nitrogens with one attached hydrogen (secondary N) is 1. The molecule has 6 rings (SSSR count). The summed E-state index contributed by atoms with van der Waals surface area (Å²) < 4.78 is 22.4. The van der Waals surface area contributed by atoms with E-state index >= 15 is 4.39 Å². The molecule has 1 saturated carbocycles. The van der Waals surface area contributed by atoms with Crippen LogP contribution in [-0.4, -0.2) is 30.6 Å². The average molecular weight is 498 g/mol. The van der Waals surface area contributed by atoms with Gasteiger partial charge in [0.15, 0.2) is 5.82 Å². The van der Waals surface area contributed by atoms with Crippen molar-refractivity contribution in [1.29, 1.82) is 0 Å². The molecule has 186 valence electrons. The molecule has 0 radical (unpaired) electrons. The summed E-state index contributed by atoms with van der Waals surface area (Å²) in [6, 6.07) is 5.20. The lowest BCUT2D eigenvalue weighted by Crippen LogP contribution is -2.16. The minimum atomic E-state index is -0.550. The van der Waals surface area contributed by atoms with Crippen molar-refractivity contribution in [3.63, 3.8) is 0 Å². The van der Waals surface area contributed by atoms with Crippen molar-refractivity contribution in [3.05, 3.63) is 72.4 Å². The second-order valence-corrected chi connectivity index (χ2v) is 9.51. The van der Waals surface area contributed by atoms with E-state index in [0.29, 0.717) is 39.3 Å². The number of carbonyl (C=O) groups is 1. The highest BCUT2D eigenvalue weighted by atomic mass is 19.1. The Labute approximate surface area is 211 Å². The molecular formula is C27H24FN7O2.